The summed E-state index contributed by atoms with van der Waals surface area (Å²) in [5.41, 5.74) is 4.43. The maximum Gasteiger partial charge on any atom is 0.133 e. The van der Waals surface area contributed by atoms with Crippen LogP contribution in [-0.2, 0) is 24.8 Å². The molecule has 31 heavy (non-hydrogen) atoms. The number of rotatable bonds is 9. The normalized spacial score (nSPS) is 11.8. The molecule has 0 aliphatic rings. The molecule has 0 fully saturated rings. The highest BCUT2D eigenvalue weighted by atomic mass is 32.2. The molecule has 2 aromatic heterocycles. The molecule has 3 aromatic rings. The second-order valence-electron chi connectivity index (χ2n) is 8.85. The lowest BCUT2D eigenvalue weighted by Gasteiger charge is -2.26. The van der Waals surface area contributed by atoms with Gasteiger partial charge in [-0.2, -0.15) is 0 Å². The van der Waals surface area contributed by atoms with Gasteiger partial charge in [-0.1, -0.05) is 39.0 Å². The molecule has 4 nitrogen and oxygen atoms in total. The van der Waals surface area contributed by atoms with Gasteiger partial charge >= 0.3 is 0 Å². The number of nitrogens with zero attached hydrogens (tertiary/aromatic N) is 3. The van der Waals surface area contributed by atoms with Crippen molar-refractivity contribution in [1.82, 2.24) is 14.9 Å². The number of pyridine rings is 2. The van der Waals surface area contributed by atoms with Gasteiger partial charge in [0.1, 0.15) is 5.75 Å². The minimum absolute atomic E-state index is 0.0275. The standard InChI is InChI=1S/C26H33N3OS/c1-26(2,3)21-17-20(25(30)24(18-21)31-4)19-29(15-11-22-9-5-7-13-27-22)16-12-23-10-6-8-14-28-23/h5-10,13-14,17-18,30H,11-12,15-16,19H2,1-4H3. The maximum absolute atomic E-state index is 10.9. The lowest BCUT2D eigenvalue weighted by molar-refractivity contribution is 0.265. The predicted molar refractivity (Wildman–Crippen MR) is 130 cm³/mol. The lowest BCUT2D eigenvalue weighted by atomic mass is 9.86. The smallest absolute Gasteiger partial charge is 0.133 e. The van der Waals surface area contributed by atoms with Crippen LogP contribution in [0.25, 0.3) is 0 Å². The van der Waals surface area contributed by atoms with Gasteiger partial charge in [0, 0.05) is 66.7 Å². The number of phenols is 1. The summed E-state index contributed by atoms with van der Waals surface area (Å²) in [6, 6.07) is 16.4. The van der Waals surface area contributed by atoms with Crippen LogP contribution in [0.4, 0.5) is 0 Å². The molecule has 2 heterocycles. The molecule has 0 unspecified atom stereocenters. The van der Waals surface area contributed by atoms with E-state index in [0.29, 0.717) is 12.3 Å². The molecule has 0 saturated carbocycles. The van der Waals surface area contributed by atoms with Crippen LogP contribution in [0, 0.1) is 0 Å². The monoisotopic (exact) mass is 435 g/mol. The van der Waals surface area contributed by atoms with Gasteiger partial charge in [0.05, 0.1) is 0 Å². The van der Waals surface area contributed by atoms with Crippen molar-refractivity contribution in [1.29, 1.82) is 0 Å². The SMILES string of the molecule is CSc1cc(C(C)(C)C)cc(CN(CCc2ccccn2)CCc2ccccn2)c1O. The summed E-state index contributed by atoms with van der Waals surface area (Å²) >= 11 is 1.60. The molecular formula is C26H33N3OS. The molecule has 0 saturated heterocycles. The fraction of sp³-hybridized carbons (Fsp3) is 0.385. The quantitative estimate of drug-likeness (QED) is 0.451. The van der Waals surface area contributed by atoms with Crippen molar-refractivity contribution in [2.45, 2.75) is 50.5 Å². The fourth-order valence-electron chi connectivity index (χ4n) is 3.52. The largest absolute Gasteiger partial charge is 0.506 e. The van der Waals surface area contributed by atoms with Crippen molar-refractivity contribution in [3.8, 4) is 5.75 Å². The van der Waals surface area contributed by atoms with E-state index < -0.39 is 0 Å². The molecule has 1 aromatic carbocycles. The molecule has 3 rings (SSSR count). The summed E-state index contributed by atoms with van der Waals surface area (Å²) in [6.45, 7) is 9.09. The van der Waals surface area contributed by atoms with Crippen molar-refractivity contribution in [2.24, 2.45) is 0 Å². The zero-order valence-corrected chi connectivity index (χ0v) is 19.8. The molecular weight excluding hydrogens is 402 g/mol. The fourth-order valence-corrected chi connectivity index (χ4v) is 4.09. The van der Waals surface area contributed by atoms with E-state index in [-0.39, 0.29) is 5.41 Å². The van der Waals surface area contributed by atoms with Crippen LogP contribution in [0.15, 0.2) is 65.8 Å². The minimum Gasteiger partial charge on any atom is -0.506 e. The first-order chi connectivity index (χ1) is 14.9. The van der Waals surface area contributed by atoms with E-state index in [9.17, 15) is 5.11 Å². The summed E-state index contributed by atoms with van der Waals surface area (Å²) in [7, 11) is 0. The molecule has 0 amide bonds. The second-order valence-corrected chi connectivity index (χ2v) is 9.70. The van der Waals surface area contributed by atoms with Crippen molar-refractivity contribution >= 4 is 11.8 Å². The Balaban J connectivity index is 1.82. The number of aromatic hydroxyl groups is 1. The Labute approximate surface area is 190 Å². The van der Waals surface area contributed by atoms with Gasteiger partial charge < -0.3 is 5.11 Å². The number of benzene rings is 1. The third kappa shape index (κ3) is 6.81. The van der Waals surface area contributed by atoms with Crippen LogP contribution in [0.3, 0.4) is 0 Å². The Kier molecular flexibility index (Phi) is 8.10. The molecule has 0 spiro atoms. The molecule has 0 atom stereocenters. The molecule has 0 bridgehead atoms. The minimum atomic E-state index is 0.0275. The first kappa shape index (κ1) is 23.3. The highest BCUT2D eigenvalue weighted by Gasteiger charge is 2.20. The van der Waals surface area contributed by atoms with E-state index in [0.717, 1.165) is 47.8 Å². The lowest BCUT2D eigenvalue weighted by Crippen LogP contribution is -2.29. The van der Waals surface area contributed by atoms with Gasteiger partial charge in [0.25, 0.3) is 0 Å². The third-order valence-electron chi connectivity index (χ3n) is 5.45. The van der Waals surface area contributed by atoms with Gasteiger partial charge in [-0.15, -0.1) is 11.8 Å². The number of hydrogen-bond acceptors (Lipinski definition) is 5. The van der Waals surface area contributed by atoms with Gasteiger partial charge in [-0.3, -0.25) is 14.9 Å². The first-order valence-corrected chi connectivity index (χ1v) is 12.0. The average molecular weight is 436 g/mol. The molecule has 0 radical (unpaired) electrons. The molecule has 164 valence electrons. The topological polar surface area (TPSA) is 49.2 Å². The van der Waals surface area contributed by atoms with E-state index in [4.69, 9.17) is 0 Å². The highest BCUT2D eigenvalue weighted by molar-refractivity contribution is 7.98. The number of thioether (sulfide) groups is 1. The van der Waals surface area contributed by atoms with E-state index in [1.807, 2.05) is 42.9 Å². The maximum atomic E-state index is 10.9. The Bertz CT molecular complexity index is 912. The predicted octanol–water partition coefficient (Wildman–Crippen LogP) is 5.49. The number of phenolic OH excluding ortho intramolecular Hbond substituents is 1. The summed E-state index contributed by atoms with van der Waals surface area (Å²) < 4.78 is 0. The highest BCUT2D eigenvalue weighted by Crippen LogP contribution is 2.36. The summed E-state index contributed by atoms with van der Waals surface area (Å²) in [6.07, 6.45) is 7.45. The van der Waals surface area contributed by atoms with E-state index >= 15 is 0 Å². The van der Waals surface area contributed by atoms with E-state index in [1.165, 1.54) is 5.56 Å². The Hall–Kier alpha value is -2.37. The average Bonchev–Trinajstić information content (AvgIpc) is 2.77. The Morgan fingerprint density at radius 1 is 0.903 bits per heavy atom. The molecule has 0 aliphatic heterocycles. The van der Waals surface area contributed by atoms with Gasteiger partial charge in [-0.25, -0.2) is 0 Å². The van der Waals surface area contributed by atoms with Gasteiger partial charge in [0.2, 0.25) is 0 Å². The Morgan fingerprint density at radius 3 is 1.94 bits per heavy atom. The summed E-state index contributed by atoms with van der Waals surface area (Å²) in [5, 5.41) is 10.9. The first-order valence-electron chi connectivity index (χ1n) is 10.8. The third-order valence-corrected chi connectivity index (χ3v) is 6.21. The second kappa shape index (κ2) is 10.8. The van der Waals surface area contributed by atoms with Crippen LogP contribution in [0.5, 0.6) is 5.75 Å². The van der Waals surface area contributed by atoms with Gasteiger partial charge in [0.15, 0.2) is 0 Å². The van der Waals surface area contributed by atoms with Crippen LogP contribution in [-0.4, -0.2) is 39.3 Å². The molecule has 1 N–H and O–H groups in total. The van der Waals surface area contributed by atoms with Gasteiger partial charge in [-0.05, 0) is 47.6 Å². The van der Waals surface area contributed by atoms with E-state index in [2.05, 4.69) is 59.9 Å². The summed E-state index contributed by atoms with van der Waals surface area (Å²) in [4.78, 5) is 12.3. The summed E-state index contributed by atoms with van der Waals surface area (Å²) in [5.74, 6) is 0.404. The van der Waals surface area contributed by atoms with Crippen molar-refractivity contribution in [3.05, 3.63) is 83.4 Å². The van der Waals surface area contributed by atoms with Crippen LogP contribution < -0.4 is 0 Å². The van der Waals surface area contributed by atoms with E-state index in [1.54, 1.807) is 11.8 Å². The van der Waals surface area contributed by atoms with Crippen LogP contribution in [0.1, 0.15) is 43.3 Å². The Morgan fingerprint density at radius 2 is 1.48 bits per heavy atom. The van der Waals surface area contributed by atoms with Crippen LogP contribution in [0.2, 0.25) is 0 Å². The number of hydrogen-bond donors (Lipinski definition) is 1. The van der Waals surface area contributed by atoms with Crippen LogP contribution >= 0.6 is 11.8 Å². The van der Waals surface area contributed by atoms with Crippen molar-refractivity contribution in [3.63, 3.8) is 0 Å². The molecule has 0 aliphatic carbocycles. The molecule has 5 heteroatoms. The number of aromatic nitrogens is 2. The van der Waals surface area contributed by atoms with Crippen molar-refractivity contribution < 1.29 is 5.11 Å². The van der Waals surface area contributed by atoms with Crippen molar-refractivity contribution in [2.75, 3.05) is 19.3 Å². The zero-order valence-electron chi connectivity index (χ0n) is 19.0. The zero-order chi connectivity index (χ0) is 22.3.